The van der Waals surface area contributed by atoms with Gasteiger partial charge in [-0.05, 0) is 60.8 Å². The minimum Gasteiger partial charge on any atom is -0.736 e. The van der Waals surface area contributed by atoms with E-state index in [0.717, 1.165) is 44.5 Å². The third-order valence-electron chi connectivity index (χ3n) is 5.87. The molecule has 0 saturated carbocycles. The zero-order chi connectivity index (χ0) is 22.1. The summed E-state index contributed by atoms with van der Waals surface area (Å²) in [6, 6.07) is 4.07. The molecule has 2 aromatic carbocycles. The van der Waals surface area contributed by atoms with E-state index < -0.39 is 7.82 Å². The van der Waals surface area contributed by atoms with Crippen molar-refractivity contribution in [1.82, 2.24) is 0 Å². The summed E-state index contributed by atoms with van der Waals surface area (Å²) in [6.45, 7) is 20.5. The number of hydrogen-bond donors (Lipinski definition) is 0. The van der Waals surface area contributed by atoms with Gasteiger partial charge in [-0.1, -0.05) is 53.7 Å². The fourth-order valence-electron chi connectivity index (χ4n) is 3.93. The zero-order valence-electron chi connectivity index (χ0n) is 19.5. The number of fused-ring (bicyclic) bond motifs is 3. The van der Waals surface area contributed by atoms with Crippen molar-refractivity contribution >= 4 is 7.82 Å². The van der Waals surface area contributed by atoms with Crippen LogP contribution in [0, 0.1) is 27.7 Å². The van der Waals surface area contributed by atoms with Crippen molar-refractivity contribution in [1.29, 1.82) is 0 Å². The molecule has 0 bridgehead atoms. The van der Waals surface area contributed by atoms with E-state index in [9.17, 15) is 9.46 Å². The van der Waals surface area contributed by atoms with Crippen molar-refractivity contribution in [3.8, 4) is 22.6 Å². The molecule has 0 amide bonds. The average Bonchev–Trinajstić information content (AvgIpc) is 2.65. The molecule has 0 spiro atoms. The largest absolute Gasteiger partial charge is 1.00 e. The van der Waals surface area contributed by atoms with E-state index >= 15 is 0 Å². The zero-order valence-corrected chi connectivity index (χ0v) is 21.9. The Morgan fingerprint density at radius 1 is 0.733 bits per heavy atom. The molecule has 0 fully saturated rings. The monoisotopic (exact) mass is 522 g/mol. The molecule has 0 atom stereocenters. The predicted octanol–water partition coefficient (Wildman–Crippen LogP) is 6.42. The Morgan fingerprint density at radius 3 is 1.30 bits per heavy atom. The predicted molar refractivity (Wildman–Crippen MR) is 117 cm³/mol. The van der Waals surface area contributed by atoms with E-state index in [1.807, 2.05) is 26.0 Å². The van der Waals surface area contributed by atoms with E-state index in [0.29, 0.717) is 11.5 Å². The van der Waals surface area contributed by atoms with Gasteiger partial charge >= 0.3 is 30.2 Å². The summed E-state index contributed by atoms with van der Waals surface area (Å²) in [5, 5.41) is 0. The summed E-state index contributed by atoms with van der Waals surface area (Å²) in [7, 11) is -4.61. The van der Waals surface area contributed by atoms with E-state index in [4.69, 9.17) is 9.05 Å². The number of hydrogen-bond acceptors (Lipinski definition) is 4. The van der Waals surface area contributed by atoms with Gasteiger partial charge < -0.3 is 13.9 Å². The van der Waals surface area contributed by atoms with Crippen LogP contribution in [0.4, 0.5) is 0 Å². The third kappa shape index (κ3) is 4.31. The van der Waals surface area contributed by atoms with Gasteiger partial charge in [-0.3, -0.25) is 0 Å². The second-order valence-electron chi connectivity index (χ2n) is 10.3. The summed E-state index contributed by atoms with van der Waals surface area (Å²) in [5.41, 5.74) is 7.00. The minimum absolute atomic E-state index is 0. The van der Waals surface area contributed by atoms with Crippen LogP contribution in [-0.4, -0.2) is 0 Å². The smallest absolute Gasteiger partial charge is 0.736 e. The Kier molecular flexibility index (Phi) is 6.59. The fourth-order valence-corrected chi connectivity index (χ4v) is 4.80. The Hall–Kier alpha value is -1.03. The van der Waals surface area contributed by atoms with Crippen LogP contribution >= 0.6 is 7.82 Å². The minimum atomic E-state index is -4.61. The molecule has 3 rings (SSSR count). The van der Waals surface area contributed by atoms with E-state index in [1.165, 1.54) is 0 Å². The molecule has 0 radical (unpaired) electrons. The molecule has 1 aliphatic rings. The SMILES string of the molecule is Cc1cc(C(C)(C)C)c2c(c1C)-c1c(C)c(C)cc(C(C)(C)C)c1OP(=O)([O-])O2.[Ag+]. The van der Waals surface area contributed by atoms with E-state index in [1.54, 1.807) is 0 Å². The normalized spacial score (nSPS) is 15.2. The Bertz CT molecular complexity index is 977. The number of benzene rings is 2. The van der Waals surface area contributed by atoms with Gasteiger partial charge in [-0.2, -0.15) is 0 Å². The van der Waals surface area contributed by atoms with Crippen LogP contribution in [0.3, 0.4) is 0 Å². The molecule has 4 nitrogen and oxygen atoms in total. The van der Waals surface area contributed by atoms with Crippen LogP contribution in [0.1, 0.15) is 74.9 Å². The first-order valence-electron chi connectivity index (χ1n) is 10.0. The van der Waals surface area contributed by atoms with Crippen molar-refractivity contribution in [2.75, 3.05) is 0 Å². The van der Waals surface area contributed by atoms with Crippen molar-refractivity contribution in [2.24, 2.45) is 0 Å². The van der Waals surface area contributed by atoms with E-state index in [2.05, 4.69) is 55.4 Å². The van der Waals surface area contributed by atoms with Crippen LogP contribution in [0.25, 0.3) is 11.1 Å². The van der Waals surface area contributed by atoms with Gasteiger partial charge in [0, 0.05) is 22.3 Å². The molecule has 1 aliphatic heterocycles. The number of aryl methyl sites for hydroxylation is 2. The summed E-state index contributed by atoms with van der Waals surface area (Å²) >= 11 is 0. The number of rotatable bonds is 0. The molecule has 6 heteroatoms. The molecule has 30 heavy (non-hydrogen) atoms. The molecule has 0 aromatic heterocycles. The molecule has 1 heterocycles. The van der Waals surface area contributed by atoms with Crippen LogP contribution in [0.5, 0.6) is 11.5 Å². The van der Waals surface area contributed by atoms with Gasteiger partial charge in [0.05, 0.1) is 0 Å². The van der Waals surface area contributed by atoms with Gasteiger partial charge in [0.15, 0.2) is 0 Å². The van der Waals surface area contributed by atoms with Gasteiger partial charge in [0.1, 0.15) is 11.5 Å². The second kappa shape index (κ2) is 7.83. The molecular formula is C24H32AgO4P. The van der Waals surface area contributed by atoms with Crippen molar-refractivity contribution in [3.05, 3.63) is 45.5 Å². The first-order chi connectivity index (χ1) is 13.0. The Morgan fingerprint density at radius 2 is 1.03 bits per heavy atom. The van der Waals surface area contributed by atoms with Gasteiger partial charge in [0.2, 0.25) is 0 Å². The Balaban J connectivity index is 0.00000320. The molecular weight excluding hydrogens is 491 g/mol. The van der Waals surface area contributed by atoms with Crippen molar-refractivity contribution in [2.45, 2.75) is 80.1 Å². The average molecular weight is 523 g/mol. The van der Waals surface area contributed by atoms with Crippen LogP contribution in [0.2, 0.25) is 0 Å². The molecule has 2 aromatic rings. The maximum absolute atomic E-state index is 12.9. The maximum Gasteiger partial charge on any atom is 1.00 e. The maximum atomic E-state index is 12.9. The fraction of sp³-hybridized carbons (Fsp3) is 0.500. The van der Waals surface area contributed by atoms with Crippen molar-refractivity contribution in [3.63, 3.8) is 0 Å². The van der Waals surface area contributed by atoms with Crippen LogP contribution < -0.4 is 13.9 Å². The van der Waals surface area contributed by atoms with E-state index in [-0.39, 0.29) is 33.2 Å². The molecule has 0 unspecified atom stereocenters. The van der Waals surface area contributed by atoms with Crippen LogP contribution in [0.15, 0.2) is 12.1 Å². The Labute approximate surface area is 196 Å². The van der Waals surface area contributed by atoms with Gasteiger partial charge in [-0.25, -0.2) is 4.57 Å². The second-order valence-corrected chi connectivity index (χ2v) is 11.5. The summed E-state index contributed by atoms with van der Waals surface area (Å²) in [5.74, 6) is 0.789. The van der Waals surface area contributed by atoms with Crippen molar-refractivity contribution < 1.29 is 40.9 Å². The standard InChI is InChI=1S/C24H33O4P.Ag/c1-13-11-17(23(5,6)7)21-19(15(13)3)20-16(4)14(2)12-18(24(8,9)10)22(20)28-29(25,26)27-21;/h11-12H,1-10H3,(H,25,26);/q;+1/p-1. The molecule has 0 saturated heterocycles. The topological polar surface area (TPSA) is 58.6 Å². The first-order valence-corrected chi connectivity index (χ1v) is 11.5. The molecule has 168 valence electrons. The quantitative estimate of drug-likeness (QED) is 0.296. The number of phosphoric acid groups is 1. The molecule has 0 aliphatic carbocycles. The molecule has 0 N–H and O–H groups in total. The first kappa shape index (κ1) is 25.2. The summed E-state index contributed by atoms with van der Waals surface area (Å²) in [6.07, 6.45) is 0. The van der Waals surface area contributed by atoms with Gasteiger partial charge in [0.25, 0.3) is 0 Å². The third-order valence-corrected chi connectivity index (χ3v) is 6.68. The number of phosphoric ester groups is 1. The van der Waals surface area contributed by atoms with Crippen LogP contribution in [-0.2, 0) is 37.8 Å². The van der Waals surface area contributed by atoms with Gasteiger partial charge in [-0.15, -0.1) is 0 Å². The summed E-state index contributed by atoms with van der Waals surface area (Å²) in [4.78, 5) is 12.9. The summed E-state index contributed by atoms with van der Waals surface area (Å²) < 4.78 is 24.3.